The highest BCUT2D eigenvalue weighted by Gasteiger charge is 2.07. The van der Waals surface area contributed by atoms with E-state index < -0.39 is 6.10 Å². The molecule has 1 unspecified atom stereocenters. The van der Waals surface area contributed by atoms with Gasteiger partial charge in [0.15, 0.2) is 0 Å². The Morgan fingerprint density at radius 1 is 1.38 bits per heavy atom. The van der Waals surface area contributed by atoms with Crippen molar-refractivity contribution >= 4 is 0 Å². The summed E-state index contributed by atoms with van der Waals surface area (Å²) in [4.78, 5) is 0. The van der Waals surface area contributed by atoms with E-state index in [1.807, 2.05) is 24.3 Å². The van der Waals surface area contributed by atoms with Crippen molar-refractivity contribution in [3.05, 3.63) is 41.5 Å². The lowest BCUT2D eigenvalue weighted by atomic mass is 10.0. The number of aliphatic hydroxyl groups is 1. The highest BCUT2D eigenvalue weighted by Crippen LogP contribution is 2.23. The van der Waals surface area contributed by atoms with Gasteiger partial charge in [-0.05, 0) is 37.5 Å². The van der Waals surface area contributed by atoms with Gasteiger partial charge in [0.25, 0.3) is 0 Å². The van der Waals surface area contributed by atoms with Gasteiger partial charge in [-0.15, -0.1) is 0 Å². The van der Waals surface area contributed by atoms with Gasteiger partial charge in [-0.25, -0.2) is 0 Å². The second kappa shape index (κ2) is 6.33. The summed E-state index contributed by atoms with van der Waals surface area (Å²) < 4.78 is 5.08. The van der Waals surface area contributed by atoms with Crippen molar-refractivity contribution in [3.8, 4) is 5.75 Å². The lowest BCUT2D eigenvalue weighted by molar-refractivity contribution is 0.178. The van der Waals surface area contributed by atoms with E-state index >= 15 is 0 Å². The highest BCUT2D eigenvalue weighted by atomic mass is 16.5. The second-order valence-corrected chi connectivity index (χ2v) is 3.95. The fourth-order valence-corrected chi connectivity index (χ4v) is 1.68. The van der Waals surface area contributed by atoms with Crippen LogP contribution in [0, 0.1) is 0 Å². The summed E-state index contributed by atoms with van der Waals surface area (Å²) in [6.45, 7) is 4.15. The molecule has 0 bridgehead atoms. The molecule has 1 rings (SSSR count). The number of allylic oxidation sites excluding steroid dienone is 1. The number of benzene rings is 1. The smallest absolute Gasteiger partial charge is 0.118 e. The molecule has 16 heavy (non-hydrogen) atoms. The molecule has 0 aliphatic carbocycles. The maximum absolute atomic E-state index is 10.00. The van der Waals surface area contributed by atoms with E-state index in [0.717, 1.165) is 17.7 Å². The molecule has 0 aliphatic heterocycles. The molecule has 0 aliphatic rings. The van der Waals surface area contributed by atoms with E-state index in [-0.39, 0.29) is 0 Å². The third-order valence-corrected chi connectivity index (χ3v) is 2.57. The Labute approximate surface area is 97.6 Å². The standard InChI is InChI=1S/C14H20O2/c1-4-5-11(2)10-14(15)12-6-8-13(16-3)9-7-12/h5-9,14-15H,4,10H2,1-3H3/b11-5+. The molecule has 1 aromatic rings. The van der Waals surface area contributed by atoms with Gasteiger partial charge in [0.2, 0.25) is 0 Å². The Hall–Kier alpha value is -1.28. The first-order valence-corrected chi connectivity index (χ1v) is 5.65. The fourth-order valence-electron chi connectivity index (χ4n) is 1.68. The molecular formula is C14H20O2. The number of methoxy groups -OCH3 is 1. The molecule has 0 spiro atoms. The molecule has 0 fully saturated rings. The van der Waals surface area contributed by atoms with Gasteiger partial charge < -0.3 is 9.84 Å². The Bertz CT molecular complexity index is 338. The number of aliphatic hydroxyl groups excluding tert-OH is 1. The molecule has 88 valence electrons. The van der Waals surface area contributed by atoms with Crippen LogP contribution < -0.4 is 4.74 Å². The summed E-state index contributed by atoms with van der Waals surface area (Å²) in [6.07, 6.45) is 3.43. The fraction of sp³-hybridized carbons (Fsp3) is 0.429. The maximum Gasteiger partial charge on any atom is 0.118 e. The first-order chi connectivity index (χ1) is 7.67. The molecule has 0 saturated heterocycles. The molecule has 1 N–H and O–H groups in total. The van der Waals surface area contributed by atoms with Crippen molar-refractivity contribution < 1.29 is 9.84 Å². The summed E-state index contributed by atoms with van der Waals surface area (Å²) in [6, 6.07) is 7.56. The zero-order chi connectivity index (χ0) is 12.0. The third-order valence-electron chi connectivity index (χ3n) is 2.57. The van der Waals surface area contributed by atoms with Crippen molar-refractivity contribution in [2.45, 2.75) is 32.8 Å². The Morgan fingerprint density at radius 3 is 2.50 bits per heavy atom. The zero-order valence-corrected chi connectivity index (χ0v) is 10.2. The Kier molecular flexibility index (Phi) is 5.06. The predicted octanol–water partition coefficient (Wildman–Crippen LogP) is 3.48. The third kappa shape index (κ3) is 3.70. The molecule has 0 aromatic heterocycles. The van der Waals surface area contributed by atoms with E-state index in [1.165, 1.54) is 5.57 Å². The SMILES string of the molecule is CC/C=C(\C)CC(O)c1ccc(OC)cc1. The number of rotatable bonds is 5. The minimum absolute atomic E-state index is 0.422. The van der Waals surface area contributed by atoms with Gasteiger partial charge in [-0.2, -0.15) is 0 Å². The van der Waals surface area contributed by atoms with E-state index in [2.05, 4.69) is 19.9 Å². The average molecular weight is 220 g/mol. The van der Waals surface area contributed by atoms with Gasteiger partial charge in [0.1, 0.15) is 5.75 Å². The van der Waals surface area contributed by atoms with Gasteiger partial charge in [0, 0.05) is 0 Å². The van der Waals surface area contributed by atoms with Crippen molar-refractivity contribution in [2.75, 3.05) is 7.11 Å². The molecule has 0 radical (unpaired) electrons. The topological polar surface area (TPSA) is 29.5 Å². The quantitative estimate of drug-likeness (QED) is 0.770. The van der Waals surface area contributed by atoms with Crippen LogP contribution in [0.15, 0.2) is 35.9 Å². The van der Waals surface area contributed by atoms with Gasteiger partial charge in [0.05, 0.1) is 13.2 Å². The van der Waals surface area contributed by atoms with E-state index in [0.29, 0.717) is 6.42 Å². The van der Waals surface area contributed by atoms with Gasteiger partial charge in [-0.3, -0.25) is 0 Å². The van der Waals surface area contributed by atoms with Crippen LogP contribution in [0.4, 0.5) is 0 Å². The Balaban J connectivity index is 2.65. The van der Waals surface area contributed by atoms with Crippen LogP contribution in [-0.4, -0.2) is 12.2 Å². The second-order valence-electron chi connectivity index (χ2n) is 3.95. The first-order valence-electron chi connectivity index (χ1n) is 5.65. The van der Waals surface area contributed by atoms with Crippen LogP contribution in [0.25, 0.3) is 0 Å². The van der Waals surface area contributed by atoms with Crippen LogP contribution in [0.3, 0.4) is 0 Å². The lowest BCUT2D eigenvalue weighted by Crippen LogP contribution is -1.98. The maximum atomic E-state index is 10.00. The minimum atomic E-state index is -0.422. The summed E-state index contributed by atoms with van der Waals surface area (Å²) >= 11 is 0. The summed E-state index contributed by atoms with van der Waals surface area (Å²) in [5, 5.41) is 10.00. The monoisotopic (exact) mass is 220 g/mol. The number of hydrogen-bond donors (Lipinski definition) is 1. The first kappa shape index (κ1) is 12.8. The zero-order valence-electron chi connectivity index (χ0n) is 10.2. The molecule has 1 atom stereocenters. The molecule has 1 aromatic carbocycles. The van der Waals surface area contributed by atoms with Crippen LogP contribution in [-0.2, 0) is 0 Å². The Morgan fingerprint density at radius 2 is 2.00 bits per heavy atom. The van der Waals surface area contributed by atoms with E-state index in [1.54, 1.807) is 7.11 Å². The molecule has 2 nitrogen and oxygen atoms in total. The highest BCUT2D eigenvalue weighted by molar-refractivity contribution is 5.29. The number of ether oxygens (including phenoxy) is 1. The number of hydrogen-bond acceptors (Lipinski definition) is 2. The van der Waals surface area contributed by atoms with E-state index in [9.17, 15) is 5.11 Å². The van der Waals surface area contributed by atoms with Crippen molar-refractivity contribution in [1.82, 2.24) is 0 Å². The van der Waals surface area contributed by atoms with Gasteiger partial charge in [-0.1, -0.05) is 30.7 Å². The van der Waals surface area contributed by atoms with Crippen molar-refractivity contribution in [3.63, 3.8) is 0 Å². The average Bonchev–Trinajstić information content (AvgIpc) is 2.29. The summed E-state index contributed by atoms with van der Waals surface area (Å²) in [7, 11) is 1.64. The van der Waals surface area contributed by atoms with Gasteiger partial charge >= 0.3 is 0 Å². The van der Waals surface area contributed by atoms with Crippen molar-refractivity contribution in [2.24, 2.45) is 0 Å². The molecule has 2 heteroatoms. The van der Waals surface area contributed by atoms with Crippen LogP contribution in [0.2, 0.25) is 0 Å². The summed E-state index contributed by atoms with van der Waals surface area (Å²) in [5.41, 5.74) is 2.16. The summed E-state index contributed by atoms with van der Waals surface area (Å²) in [5.74, 6) is 0.816. The van der Waals surface area contributed by atoms with Crippen LogP contribution in [0.1, 0.15) is 38.4 Å². The largest absolute Gasteiger partial charge is 0.497 e. The minimum Gasteiger partial charge on any atom is -0.497 e. The van der Waals surface area contributed by atoms with Crippen molar-refractivity contribution in [1.29, 1.82) is 0 Å². The molecule has 0 amide bonds. The van der Waals surface area contributed by atoms with Crippen LogP contribution >= 0.6 is 0 Å². The normalized spacial score (nSPS) is 13.6. The van der Waals surface area contributed by atoms with Crippen LogP contribution in [0.5, 0.6) is 5.75 Å². The lowest BCUT2D eigenvalue weighted by Gasteiger charge is -2.11. The predicted molar refractivity (Wildman–Crippen MR) is 66.6 cm³/mol. The molecular weight excluding hydrogens is 200 g/mol. The molecule has 0 saturated carbocycles. The molecule has 0 heterocycles. The van der Waals surface area contributed by atoms with E-state index in [4.69, 9.17) is 4.74 Å².